The zero-order valence-corrected chi connectivity index (χ0v) is 12.8. The number of rotatable bonds is 5. The minimum absolute atomic E-state index is 0.0444. The highest BCUT2D eigenvalue weighted by Gasteiger charge is 2.37. The lowest BCUT2D eigenvalue weighted by molar-refractivity contribution is -0.122. The molecule has 20 heavy (non-hydrogen) atoms. The van der Waals surface area contributed by atoms with Gasteiger partial charge in [0.05, 0.1) is 10.5 Å². The maximum absolute atomic E-state index is 12.2. The first-order chi connectivity index (χ1) is 9.53. The van der Waals surface area contributed by atoms with Crippen LogP contribution in [0.4, 0.5) is 0 Å². The first-order valence-corrected chi connectivity index (χ1v) is 7.60. The van der Waals surface area contributed by atoms with Gasteiger partial charge < -0.3 is 11.1 Å². The third-order valence-electron chi connectivity index (χ3n) is 4.19. The van der Waals surface area contributed by atoms with Gasteiger partial charge in [0, 0.05) is 6.42 Å². The average molecular weight is 290 g/mol. The summed E-state index contributed by atoms with van der Waals surface area (Å²) in [6, 6.07) is 8.16. The van der Waals surface area contributed by atoms with Crippen molar-refractivity contribution in [2.45, 2.75) is 51.0 Å². The molecule has 108 valence electrons. The van der Waals surface area contributed by atoms with Crippen molar-refractivity contribution < 1.29 is 4.79 Å². The van der Waals surface area contributed by atoms with Gasteiger partial charge in [-0.3, -0.25) is 4.79 Å². The highest BCUT2D eigenvalue weighted by Crippen LogP contribution is 2.30. The molecule has 1 amide bonds. The second-order valence-corrected chi connectivity index (χ2v) is 6.07. The third-order valence-corrected chi connectivity index (χ3v) is 4.58. The van der Waals surface area contributed by atoms with Crippen molar-refractivity contribution in [2.75, 3.05) is 0 Å². The summed E-state index contributed by atoms with van der Waals surface area (Å²) in [5.41, 5.74) is 7.84. The van der Waals surface area contributed by atoms with Crippen molar-refractivity contribution in [3.63, 3.8) is 0 Å². The Bertz CT molecular complexity index is 507. The fourth-order valence-corrected chi connectivity index (χ4v) is 3.13. The highest BCUT2D eigenvalue weighted by molar-refractivity contribution is 7.80. The van der Waals surface area contributed by atoms with Crippen LogP contribution in [0, 0.1) is 6.92 Å². The van der Waals surface area contributed by atoms with E-state index in [-0.39, 0.29) is 5.91 Å². The molecule has 2 rings (SSSR count). The molecule has 0 radical (unpaired) electrons. The summed E-state index contributed by atoms with van der Waals surface area (Å²) in [5, 5.41) is 3.08. The van der Waals surface area contributed by atoms with Gasteiger partial charge in [0.15, 0.2) is 0 Å². The van der Waals surface area contributed by atoms with E-state index in [4.69, 9.17) is 18.0 Å². The van der Waals surface area contributed by atoms with Gasteiger partial charge in [-0.2, -0.15) is 0 Å². The van der Waals surface area contributed by atoms with Crippen LogP contribution in [0.15, 0.2) is 24.3 Å². The number of nitrogens with two attached hydrogens (primary N) is 1. The molecule has 0 spiro atoms. The predicted molar refractivity (Wildman–Crippen MR) is 85.6 cm³/mol. The fraction of sp³-hybridized carbons (Fsp3) is 0.500. The fourth-order valence-electron chi connectivity index (χ4n) is 2.88. The van der Waals surface area contributed by atoms with Crippen LogP contribution in [0.25, 0.3) is 0 Å². The Morgan fingerprint density at radius 2 is 2.00 bits per heavy atom. The van der Waals surface area contributed by atoms with Gasteiger partial charge in [-0.05, 0) is 37.3 Å². The zero-order chi connectivity index (χ0) is 14.6. The zero-order valence-electron chi connectivity index (χ0n) is 11.9. The number of hydrogen-bond donors (Lipinski definition) is 2. The molecule has 1 saturated carbocycles. The van der Waals surface area contributed by atoms with Crippen LogP contribution in [0.3, 0.4) is 0 Å². The molecule has 1 fully saturated rings. The van der Waals surface area contributed by atoms with E-state index in [9.17, 15) is 4.79 Å². The van der Waals surface area contributed by atoms with Crippen LogP contribution >= 0.6 is 12.2 Å². The summed E-state index contributed by atoms with van der Waals surface area (Å²) in [6.07, 6.45) is 5.14. The lowest BCUT2D eigenvalue weighted by Gasteiger charge is -2.29. The Morgan fingerprint density at radius 1 is 1.35 bits per heavy atom. The second-order valence-electron chi connectivity index (χ2n) is 5.63. The predicted octanol–water partition coefficient (Wildman–Crippen LogP) is 2.64. The van der Waals surface area contributed by atoms with Gasteiger partial charge in [0.2, 0.25) is 5.91 Å². The Morgan fingerprint density at radius 3 is 2.60 bits per heavy atom. The molecule has 0 bridgehead atoms. The van der Waals surface area contributed by atoms with Gasteiger partial charge in [0.25, 0.3) is 0 Å². The summed E-state index contributed by atoms with van der Waals surface area (Å²) in [7, 11) is 0. The van der Waals surface area contributed by atoms with E-state index in [0.717, 1.165) is 32.1 Å². The average Bonchev–Trinajstić information content (AvgIpc) is 2.88. The highest BCUT2D eigenvalue weighted by atomic mass is 32.1. The monoisotopic (exact) mass is 290 g/mol. The molecule has 1 aromatic carbocycles. The van der Waals surface area contributed by atoms with E-state index >= 15 is 0 Å². The lowest BCUT2D eigenvalue weighted by atomic mass is 9.96. The standard InChI is InChI=1S/C16H22N2OS/c1-12-6-2-3-7-13(12)8-9-14(19)18-16(15(17)20)10-4-5-11-16/h2-3,6-7H,4-5,8-11H2,1H3,(H2,17,20)(H,18,19). The van der Waals surface area contributed by atoms with E-state index in [1.54, 1.807) is 0 Å². The molecule has 0 saturated heterocycles. The van der Waals surface area contributed by atoms with Gasteiger partial charge in [-0.25, -0.2) is 0 Å². The van der Waals surface area contributed by atoms with Gasteiger partial charge in [0.1, 0.15) is 0 Å². The smallest absolute Gasteiger partial charge is 0.221 e. The largest absolute Gasteiger partial charge is 0.391 e. The van der Waals surface area contributed by atoms with Crippen molar-refractivity contribution in [3.05, 3.63) is 35.4 Å². The Balaban J connectivity index is 1.92. The minimum atomic E-state index is -0.432. The quantitative estimate of drug-likeness (QED) is 0.820. The van der Waals surface area contributed by atoms with E-state index < -0.39 is 5.54 Å². The number of carbonyl (C=O) groups excluding carboxylic acids is 1. The molecule has 0 unspecified atom stereocenters. The second kappa shape index (κ2) is 6.35. The third kappa shape index (κ3) is 3.37. The number of benzene rings is 1. The number of amides is 1. The number of thiocarbonyl (C=S) groups is 1. The Hall–Kier alpha value is -1.42. The molecule has 1 aliphatic rings. The summed E-state index contributed by atoms with van der Waals surface area (Å²) in [4.78, 5) is 12.6. The van der Waals surface area contributed by atoms with Crippen molar-refractivity contribution in [1.82, 2.24) is 5.32 Å². The maximum atomic E-state index is 12.2. The topological polar surface area (TPSA) is 55.1 Å². The number of carbonyl (C=O) groups is 1. The SMILES string of the molecule is Cc1ccccc1CCC(=O)NC1(C(N)=S)CCCC1. The Labute approximate surface area is 125 Å². The molecule has 1 aliphatic carbocycles. The summed E-state index contributed by atoms with van der Waals surface area (Å²) < 4.78 is 0. The summed E-state index contributed by atoms with van der Waals surface area (Å²) in [6.45, 7) is 2.07. The Kier molecular flexibility index (Phi) is 4.76. The molecule has 0 aliphatic heterocycles. The van der Waals surface area contributed by atoms with Crippen LogP contribution in [0.2, 0.25) is 0 Å². The normalized spacial score (nSPS) is 16.9. The van der Waals surface area contributed by atoms with Crippen molar-refractivity contribution in [2.24, 2.45) is 5.73 Å². The minimum Gasteiger partial charge on any atom is -0.391 e. The number of nitrogens with one attached hydrogen (secondary N) is 1. The number of hydrogen-bond acceptors (Lipinski definition) is 2. The van der Waals surface area contributed by atoms with Crippen molar-refractivity contribution >= 4 is 23.1 Å². The van der Waals surface area contributed by atoms with Gasteiger partial charge in [-0.1, -0.05) is 49.3 Å². The van der Waals surface area contributed by atoms with Gasteiger partial charge in [-0.15, -0.1) is 0 Å². The van der Waals surface area contributed by atoms with Crippen molar-refractivity contribution in [1.29, 1.82) is 0 Å². The van der Waals surface area contributed by atoms with Gasteiger partial charge >= 0.3 is 0 Å². The van der Waals surface area contributed by atoms with E-state index in [1.165, 1.54) is 11.1 Å². The molecule has 1 aromatic rings. The molecule has 3 nitrogen and oxygen atoms in total. The van der Waals surface area contributed by atoms with Crippen LogP contribution in [0.1, 0.15) is 43.2 Å². The summed E-state index contributed by atoms with van der Waals surface area (Å²) in [5.74, 6) is 0.0444. The number of aryl methyl sites for hydroxylation is 2. The lowest BCUT2D eigenvalue weighted by Crippen LogP contribution is -2.54. The van der Waals surface area contributed by atoms with E-state index in [2.05, 4.69) is 24.4 Å². The molecular weight excluding hydrogens is 268 g/mol. The molecular formula is C16H22N2OS. The van der Waals surface area contributed by atoms with Crippen molar-refractivity contribution in [3.8, 4) is 0 Å². The van der Waals surface area contributed by atoms with Crippen LogP contribution < -0.4 is 11.1 Å². The first kappa shape index (κ1) is 15.0. The van der Waals surface area contributed by atoms with E-state index in [0.29, 0.717) is 11.4 Å². The molecule has 0 heterocycles. The van der Waals surface area contributed by atoms with E-state index in [1.807, 2.05) is 12.1 Å². The van der Waals surface area contributed by atoms with Crippen LogP contribution in [-0.4, -0.2) is 16.4 Å². The maximum Gasteiger partial charge on any atom is 0.221 e. The van der Waals surface area contributed by atoms with Crippen LogP contribution in [0.5, 0.6) is 0 Å². The molecule has 0 atom stereocenters. The molecule has 3 N–H and O–H groups in total. The first-order valence-electron chi connectivity index (χ1n) is 7.19. The van der Waals surface area contributed by atoms with Crippen LogP contribution in [-0.2, 0) is 11.2 Å². The summed E-state index contributed by atoms with van der Waals surface area (Å²) >= 11 is 5.15. The molecule has 0 aromatic heterocycles. The molecule has 4 heteroatoms.